The second kappa shape index (κ2) is 5.33. The summed E-state index contributed by atoms with van der Waals surface area (Å²) in [6.07, 6.45) is 0.817. The monoisotopic (exact) mass is 273 g/mol. The highest BCUT2D eigenvalue weighted by atomic mass is 19.1. The summed E-state index contributed by atoms with van der Waals surface area (Å²) in [5.41, 5.74) is 2.21. The Labute approximate surface area is 117 Å². The topological polar surface area (TPSA) is 12.0 Å². The Balaban J connectivity index is 1.89. The summed E-state index contributed by atoms with van der Waals surface area (Å²) in [6.45, 7) is 2.35. The lowest BCUT2D eigenvalue weighted by Gasteiger charge is -2.33. The van der Waals surface area contributed by atoms with Gasteiger partial charge in [0.15, 0.2) is 0 Å². The Morgan fingerprint density at radius 3 is 2.50 bits per heavy atom. The van der Waals surface area contributed by atoms with Gasteiger partial charge in [0, 0.05) is 24.1 Å². The lowest BCUT2D eigenvalue weighted by Crippen LogP contribution is -2.40. The zero-order valence-electron chi connectivity index (χ0n) is 11.4. The van der Waals surface area contributed by atoms with Crippen LogP contribution >= 0.6 is 0 Å². The fraction of sp³-hybridized carbons (Fsp3) is 0.294. The Kier molecular flexibility index (Phi) is 3.53. The van der Waals surface area contributed by atoms with Crippen LogP contribution in [-0.2, 0) is 13.0 Å². The zero-order valence-corrected chi connectivity index (χ0v) is 11.4. The van der Waals surface area contributed by atoms with E-state index >= 15 is 0 Å². The molecule has 1 N–H and O–H groups in total. The summed E-state index contributed by atoms with van der Waals surface area (Å²) in [5.74, 6) is -0.665. The van der Waals surface area contributed by atoms with Crippen LogP contribution in [-0.4, -0.2) is 6.04 Å². The first-order chi connectivity index (χ1) is 9.66. The average Bonchev–Trinajstić information content (AvgIpc) is 2.46. The van der Waals surface area contributed by atoms with Gasteiger partial charge < -0.3 is 5.32 Å². The molecule has 1 aliphatic heterocycles. The number of benzene rings is 2. The minimum atomic E-state index is -0.320. The number of nitrogens with one attached hydrogen (secondary N) is 1. The normalized spacial score (nSPS) is 21.6. The molecular formula is C17H17F2N. The first kappa shape index (κ1) is 13.3. The van der Waals surface area contributed by atoms with E-state index in [-0.39, 0.29) is 23.6 Å². The number of halogens is 2. The molecule has 2 unspecified atom stereocenters. The summed E-state index contributed by atoms with van der Waals surface area (Å²) >= 11 is 0. The molecule has 2 atom stereocenters. The Hall–Kier alpha value is -1.74. The predicted octanol–water partition coefficient (Wildman–Crippen LogP) is 3.78. The van der Waals surface area contributed by atoms with Gasteiger partial charge in [-0.1, -0.05) is 37.3 Å². The van der Waals surface area contributed by atoms with Crippen molar-refractivity contribution in [2.75, 3.05) is 0 Å². The van der Waals surface area contributed by atoms with E-state index in [9.17, 15) is 8.78 Å². The lowest BCUT2D eigenvalue weighted by molar-refractivity contribution is 0.392. The SMILES string of the molecule is CC1c2c(F)ccc(F)c2CNC1Cc1ccccc1. The van der Waals surface area contributed by atoms with Gasteiger partial charge in [-0.2, -0.15) is 0 Å². The van der Waals surface area contributed by atoms with Crippen LogP contribution in [0.25, 0.3) is 0 Å². The second-order valence-electron chi connectivity index (χ2n) is 5.39. The van der Waals surface area contributed by atoms with E-state index in [0.29, 0.717) is 17.7 Å². The zero-order chi connectivity index (χ0) is 14.1. The molecule has 3 heteroatoms. The third-order valence-electron chi connectivity index (χ3n) is 4.15. The van der Waals surface area contributed by atoms with E-state index in [2.05, 4.69) is 17.4 Å². The van der Waals surface area contributed by atoms with E-state index in [1.165, 1.54) is 17.7 Å². The van der Waals surface area contributed by atoms with Crippen molar-refractivity contribution in [3.8, 4) is 0 Å². The largest absolute Gasteiger partial charge is 0.309 e. The van der Waals surface area contributed by atoms with Crippen LogP contribution in [0.15, 0.2) is 42.5 Å². The van der Waals surface area contributed by atoms with Crippen LogP contribution < -0.4 is 5.32 Å². The molecular weight excluding hydrogens is 256 g/mol. The third kappa shape index (κ3) is 2.34. The third-order valence-corrected chi connectivity index (χ3v) is 4.15. The van der Waals surface area contributed by atoms with E-state index in [4.69, 9.17) is 0 Å². The number of rotatable bonds is 2. The van der Waals surface area contributed by atoms with Crippen molar-refractivity contribution in [1.29, 1.82) is 0 Å². The maximum atomic E-state index is 14.0. The molecule has 0 radical (unpaired) electrons. The summed E-state index contributed by atoms with van der Waals surface area (Å²) in [6, 6.07) is 12.7. The van der Waals surface area contributed by atoms with Crippen molar-refractivity contribution >= 4 is 0 Å². The minimum Gasteiger partial charge on any atom is -0.309 e. The van der Waals surface area contributed by atoms with Gasteiger partial charge in [0.2, 0.25) is 0 Å². The first-order valence-corrected chi connectivity index (χ1v) is 6.91. The highest BCUT2D eigenvalue weighted by Gasteiger charge is 2.30. The summed E-state index contributed by atoms with van der Waals surface area (Å²) in [5, 5.41) is 3.33. The first-order valence-electron chi connectivity index (χ1n) is 6.91. The van der Waals surface area contributed by atoms with Crippen LogP contribution in [0, 0.1) is 11.6 Å². The standard InChI is InChI=1S/C17H17F2N/c1-11-16(9-12-5-3-2-4-6-12)20-10-13-14(18)7-8-15(19)17(11)13/h2-8,11,16,20H,9-10H2,1H3. The van der Waals surface area contributed by atoms with E-state index in [1.54, 1.807) is 0 Å². The fourth-order valence-electron chi connectivity index (χ4n) is 3.01. The van der Waals surface area contributed by atoms with Gasteiger partial charge in [-0.15, -0.1) is 0 Å². The van der Waals surface area contributed by atoms with E-state index in [0.717, 1.165) is 6.42 Å². The number of fused-ring (bicyclic) bond motifs is 1. The van der Waals surface area contributed by atoms with Crippen molar-refractivity contribution in [2.45, 2.75) is 31.8 Å². The van der Waals surface area contributed by atoms with Crippen molar-refractivity contribution in [2.24, 2.45) is 0 Å². The van der Waals surface area contributed by atoms with Gasteiger partial charge in [-0.05, 0) is 29.7 Å². The molecule has 2 aromatic carbocycles. The highest BCUT2D eigenvalue weighted by molar-refractivity contribution is 5.36. The molecule has 0 aliphatic carbocycles. The fourth-order valence-corrected chi connectivity index (χ4v) is 3.01. The summed E-state index contributed by atoms with van der Waals surface area (Å²) < 4.78 is 27.8. The van der Waals surface area contributed by atoms with Crippen LogP contribution in [0.5, 0.6) is 0 Å². The van der Waals surface area contributed by atoms with Crippen molar-refractivity contribution in [3.63, 3.8) is 0 Å². The van der Waals surface area contributed by atoms with Crippen LogP contribution in [0.3, 0.4) is 0 Å². The van der Waals surface area contributed by atoms with E-state index in [1.807, 2.05) is 25.1 Å². The molecule has 3 rings (SSSR count). The molecule has 0 bridgehead atoms. The highest BCUT2D eigenvalue weighted by Crippen LogP contribution is 2.32. The van der Waals surface area contributed by atoms with Crippen molar-refractivity contribution in [3.05, 3.63) is 70.8 Å². The molecule has 0 saturated heterocycles. The molecule has 1 nitrogen and oxygen atoms in total. The Morgan fingerprint density at radius 2 is 1.75 bits per heavy atom. The molecule has 1 aliphatic rings. The number of hydrogen-bond donors (Lipinski definition) is 1. The molecule has 104 valence electrons. The van der Waals surface area contributed by atoms with Crippen LogP contribution in [0.4, 0.5) is 8.78 Å². The van der Waals surface area contributed by atoms with Crippen LogP contribution in [0.1, 0.15) is 29.5 Å². The van der Waals surface area contributed by atoms with Crippen LogP contribution in [0.2, 0.25) is 0 Å². The molecule has 2 aromatic rings. The van der Waals surface area contributed by atoms with Gasteiger partial charge in [0.25, 0.3) is 0 Å². The van der Waals surface area contributed by atoms with Gasteiger partial charge in [0.05, 0.1) is 0 Å². The molecule has 1 heterocycles. The van der Waals surface area contributed by atoms with Gasteiger partial charge >= 0.3 is 0 Å². The molecule has 20 heavy (non-hydrogen) atoms. The van der Waals surface area contributed by atoms with Gasteiger partial charge in [-0.25, -0.2) is 8.78 Å². The molecule has 0 aromatic heterocycles. The molecule has 0 fully saturated rings. The van der Waals surface area contributed by atoms with Crippen molar-refractivity contribution < 1.29 is 8.78 Å². The molecule has 0 saturated carbocycles. The van der Waals surface area contributed by atoms with Gasteiger partial charge in [0.1, 0.15) is 11.6 Å². The maximum absolute atomic E-state index is 14.0. The Bertz CT molecular complexity index is 610. The quantitative estimate of drug-likeness (QED) is 0.878. The van der Waals surface area contributed by atoms with Gasteiger partial charge in [-0.3, -0.25) is 0 Å². The van der Waals surface area contributed by atoms with E-state index < -0.39 is 0 Å². The maximum Gasteiger partial charge on any atom is 0.128 e. The summed E-state index contributed by atoms with van der Waals surface area (Å²) in [7, 11) is 0. The average molecular weight is 273 g/mol. The minimum absolute atomic E-state index is 0.0466. The second-order valence-corrected chi connectivity index (χ2v) is 5.39. The Morgan fingerprint density at radius 1 is 1.05 bits per heavy atom. The van der Waals surface area contributed by atoms with Crippen molar-refractivity contribution in [1.82, 2.24) is 5.32 Å². The summed E-state index contributed by atoms with van der Waals surface area (Å²) in [4.78, 5) is 0. The molecule has 0 amide bonds. The smallest absolute Gasteiger partial charge is 0.128 e. The lowest BCUT2D eigenvalue weighted by atomic mass is 9.83. The predicted molar refractivity (Wildman–Crippen MR) is 75.5 cm³/mol. The molecule has 0 spiro atoms. The number of hydrogen-bond acceptors (Lipinski definition) is 1.